The van der Waals surface area contributed by atoms with E-state index < -0.39 is 71.1 Å². The van der Waals surface area contributed by atoms with Gasteiger partial charge in [-0.2, -0.15) is 0 Å². The van der Waals surface area contributed by atoms with Crippen molar-refractivity contribution in [2.45, 2.75) is 73.0 Å². The van der Waals surface area contributed by atoms with Crippen LogP contribution in [0.15, 0.2) is 116 Å². The van der Waals surface area contributed by atoms with Crippen molar-refractivity contribution in [1.29, 1.82) is 0 Å². The summed E-state index contributed by atoms with van der Waals surface area (Å²) < 4.78 is 18.7. The van der Waals surface area contributed by atoms with Crippen LogP contribution in [0.5, 0.6) is 0 Å². The molecule has 0 radical (unpaired) electrons. The molecule has 56 heavy (non-hydrogen) atoms. The maximum atomic E-state index is 15.1. The van der Waals surface area contributed by atoms with Gasteiger partial charge < -0.3 is 34.4 Å². The molecule has 3 aromatic carbocycles. The summed E-state index contributed by atoms with van der Waals surface area (Å²) in [5.41, 5.74) is 0.972. The summed E-state index contributed by atoms with van der Waals surface area (Å²) in [6.07, 6.45) is 2.71. The van der Waals surface area contributed by atoms with Crippen LogP contribution in [0.2, 0.25) is 0 Å². The number of halogens is 1. The highest BCUT2D eigenvalue weighted by Crippen LogP contribution is 2.61. The van der Waals surface area contributed by atoms with Gasteiger partial charge >= 0.3 is 5.97 Å². The molecule has 3 aliphatic rings. The zero-order valence-electron chi connectivity index (χ0n) is 31.6. The van der Waals surface area contributed by atoms with E-state index in [1.807, 2.05) is 78.9 Å². The van der Waals surface area contributed by atoms with E-state index in [1.54, 1.807) is 29.2 Å². The minimum atomic E-state index is -1.41. The van der Waals surface area contributed by atoms with Gasteiger partial charge in [-0.1, -0.05) is 119 Å². The number of nitrogens with one attached hydrogen (secondary N) is 1. The van der Waals surface area contributed by atoms with Crippen molar-refractivity contribution in [3.63, 3.8) is 0 Å². The number of likely N-dealkylation sites (tertiary alicyclic amines) is 1. The summed E-state index contributed by atoms with van der Waals surface area (Å²) in [7, 11) is 1.50. The Morgan fingerprint density at radius 2 is 1.66 bits per heavy atom. The molecule has 9 atom stereocenters. The number of benzene rings is 3. The van der Waals surface area contributed by atoms with Crippen LogP contribution in [0, 0.1) is 11.8 Å². The first-order chi connectivity index (χ1) is 27.2. The number of allylic oxidation sites excluding steroid dienone is 1. The Morgan fingerprint density at radius 3 is 2.27 bits per heavy atom. The molecular weight excluding hydrogens is 778 g/mol. The molecule has 0 saturated carbocycles. The molecule has 3 fully saturated rings. The molecule has 0 aliphatic carbocycles. The molecular formula is C44H50BrN3O8. The van der Waals surface area contributed by atoms with Crippen molar-refractivity contribution >= 4 is 39.6 Å². The van der Waals surface area contributed by atoms with Crippen LogP contribution in [0.1, 0.15) is 42.1 Å². The number of carbonyl (C=O) groups is 4. The molecule has 3 amide bonds. The molecule has 2 N–H and O–H groups in total. The van der Waals surface area contributed by atoms with E-state index in [9.17, 15) is 14.7 Å². The van der Waals surface area contributed by atoms with Gasteiger partial charge in [0.15, 0.2) is 0 Å². The third-order valence-electron chi connectivity index (χ3n) is 11.0. The summed E-state index contributed by atoms with van der Waals surface area (Å²) in [5, 5.41) is 13.9. The summed E-state index contributed by atoms with van der Waals surface area (Å²) in [4.78, 5) is 60.7. The van der Waals surface area contributed by atoms with Crippen LogP contribution >= 0.6 is 15.9 Å². The van der Waals surface area contributed by atoms with Crippen molar-refractivity contribution in [3.8, 4) is 0 Å². The predicted octanol–water partition coefficient (Wildman–Crippen LogP) is 4.93. The number of ether oxygens (including phenoxy) is 3. The number of hydrogen-bond acceptors (Lipinski definition) is 8. The summed E-state index contributed by atoms with van der Waals surface area (Å²) in [6.45, 7) is 7.67. The molecule has 2 bridgehead atoms. The van der Waals surface area contributed by atoms with Crippen molar-refractivity contribution in [2.75, 3.05) is 26.9 Å². The highest BCUT2D eigenvalue weighted by atomic mass is 79.9. The lowest BCUT2D eigenvalue weighted by molar-refractivity contribution is -0.163. The number of nitrogens with zero attached hydrogens (tertiary/aromatic N) is 2. The first-order valence-corrected chi connectivity index (χ1v) is 20.0. The monoisotopic (exact) mass is 827 g/mol. The SMILES string of the molecule is C=CCCC(=O)N[C@@H](COC)[C@@H](OC(=O)[C@H]1[C@@H]2O[C@@]3(CC2Br)[C@@H]1C(=O)N([C@@H](CO)Cc1ccccc1)[C@@H]3C(=O)N(CC=C)Cc1ccccc1)c1ccccc1. The van der Waals surface area contributed by atoms with Gasteiger partial charge in [-0.05, 0) is 36.0 Å². The standard InChI is InChI=1S/C44H50BrN3O8/c1-4-6-22-35(50)46-34(28-54-3)38(31-20-14-9-15-21-31)55-43(53)36-37-41(51)48(32(27-49)24-29-16-10-7-11-17-29)40(44(37)25-33(45)39(36)56-44)42(52)47(23-5-2)26-30-18-12-8-13-19-30/h4-5,7-21,32-34,36-40,49H,1-2,6,22-28H2,3H3,(H,46,50)/t32-,33?,34+,36-,37+,38+,39-,40-,44+/m1/s1. The molecule has 6 rings (SSSR count). The fourth-order valence-corrected chi connectivity index (χ4v) is 9.58. The lowest BCUT2D eigenvalue weighted by Crippen LogP contribution is -2.59. The van der Waals surface area contributed by atoms with Gasteiger partial charge in [0.05, 0.1) is 43.2 Å². The molecule has 12 heteroatoms. The number of aliphatic hydroxyl groups excluding tert-OH is 1. The quantitative estimate of drug-likeness (QED) is 0.0988. The van der Waals surface area contributed by atoms with Gasteiger partial charge in [-0.25, -0.2) is 0 Å². The van der Waals surface area contributed by atoms with E-state index in [0.29, 0.717) is 12.0 Å². The molecule has 3 aromatic rings. The number of aliphatic hydroxyl groups is 1. The normalized spacial score (nSPS) is 25.2. The predicted molar refractivity (Wildman–Crippen MR) is 214 cm³/mol. The van der Waals surface area contributed by atoms with E-state index in [4.69, 9.17) is 14.2 Å². The van der Waals surface area contributed by atoms with E-state index >= 15 is 9.59 Å². The molecule has 3 heterocycles. The number of rotatable bonds is 19. The van der Waals surface area contributed by atoms with Gasteiger partial charge in [0.1, 0.15) is 17.7 Å². The second kappa shape index (κ2) is 18.5. The van der Waals surface area contributed by atoms with Crippen molar-refractivity contribution in [3.05, 3.63) is 133 Å². The minimum absolute atomic E-state index is 0.0349. The Balaban J connectivity index is 1.39. The molecule has 296 valence electrons. The lowest BCUT2D eigenvalue weighted by Gasteiger charge is -2.39. The van der Waals surface area contributed by atoms with Crippen LogP contribution in [0.25, 0.3) is 0 Å². The molecule has 11 nitrogen and oxygen atoms in total. The van der Waals surface area contributed by atoms with Crippen LogP contribution in [-0.4, -0.2) is 100 Å². The van der Waals surface area contributed by atoms with Gasteiger partial charge in [-0.3, -0.25) is 19.2 Å². The van der Waals surface area contributed by atoms with Gasteiger partial charge in [0, 0.05) is 31.4 Å². The zero-order chi connectivity index (χ0) is 39.8. The number of fused-ring (bicyclic) bond motifs is 1. The summed E-state index contributed by atoms with van der Waals surface area (Å²) >= 11 is 3.76. The largest absolute Gasteiger partial charge is 0.455 e. The van der Waals surface area contributed by atoms with Crippen LogP contribution < -0.4 is 5.32 Å². The highest BCUT2D eigenvalue weighted by Gasteiger charge is 2.77. The van der Waals surface area contributed by atoms with Gasteiger partial charge in [-0.15, -0.1) is 13.2 Å². The maximum absolute atomic E-state index is 15.1. The highest BCUT2D eigenvalue weighted by molar-refractivity contribution is 9.09. The summed E-state index contributed by atoms with van der Waals surface area (Å²) in [6, 6.07) is 25.3. The summed E-state index contributed by atoms with van der Waals surface area (Å²) in [5.74, 6) is -3.97. The van der Waals surface area contributed by atoms with E-state index in [0.717, 1.165) is 11.1 Å². The Kier molecular flexibility index (Phi) is 13.6. The van der Waals surface area contributed by atoms with E-state index in [2.05, 4.69) is 34.4 Å². The van der Waals surface area contributed by atoms with Gasteiger partial charge in [0.25, 0.3) is 0 Å². The zero-order valence-corrected chi connectivity index (χ0v) is 33.2. The Bertz CT molecular complexity index is 1850. The van der Waals surface area contributed by atoms with Crippen molar-refractivity contribution < 1.29 is 38.5 Å². The number of amides is 3. The number of alkyl halides is 1. The average molecular weight is 829 g/mol. The van der Waals surface area contributed by atoms with Crippen LogP contribution in [-0.2, 0) is 46.4 Å². The smallest absolute Gasteiger partial charge is 0.313 e. The fourth-order valence-electron chi connectivity index (χ4n) is 8.64. The Morgan fingerprint density at radius 1 is 1.02 bits per heavy atom. The van der Waals surface area contributed by atoms with Crippen LogP contribution in [0.4, 0.5) is 0 Å². The number of methoxy groups -OCH3 is 1. The van der Waals surface area contributed by atoms with E-state index in [-0.39, 0.29) is 50.8 Å². The number of carbonyl (C=O) groups excluding carboxylic acids is 4. The first-order valence-electron chi connectivity index (χ1n) is 19.0. The second-order valence-corrected chi connectivity index (χ2v) is 15.8. The van der Waals surface area contributed by atoms with E-state index in [1.165, 1.54) is 12.0 Å². The second-order valence-electron chi connectivity index (χ2n) is 14.7. The molecule has 1 spiro atoms. The molecule has 0 aromatic heterocycles. The molecule has 3 saturated heterocycles. The van der Waals surface area contributed by atoms with Crippen LogP contribution in [0.3, 0.4) is 0 Å². The number of hydrogen-bond donors (Lipinski definition) is 2. The molecule has 1 unspecified atom stereocenters. The minimum Gasteiger partial charge on any atom is -0.455 e. The third-order valence-corrected chi connectivity index (χ3v) is 11.9. The Labute approximate surface area is 336 Å². The maximum Gasteiger partial charge on any atom is 0.313 e. The lowest BCUT2D eigenvalue weighted by atomic mass is 9.70. The third kappa shape index (κ3) is 8.39. The average Bonchev–Trinajstić information content (AvgIpc) is 3.81. The first kappa shape index (κ1) is 41.0. The van der Waals surface area contributed by atoms with Crippen molar-refractivity contribution in [2.24, 2.45) is 11.8 Å². The topological polar surface area (TPSA) is 135 Å². The Hall–Kier alpha value is -4.62. The van der Waals surface area contributed by atoms with Gasteiger partial charge in [0.2, 0.25) is 17.7 Å². The number of esters is 1. The molecule has 3 aliphatic heterocycles. The van der Waals surface area contributed by atoms with Crippen molar-refractivity contribution in [1.82, 2.24) is 15.1 Å². The fraction of sp³-hybridized carbons (Fsp3) is 0.409.